The van der Waals surface area contributed by atoms with E-state index in [1.807, 2.05) is 0 Å². The van der Waals surface area contributed by atoms with E-state index in [1.165, 1.54) is 0 Å². The monoisotopic (exact) mass is 301 g/mol. The second-order valence-corrected chi connectivity index (χ2v) is 5.57. The highest BCUT2D eigenvalue weighted by Crippen LogP contribution is 2.31. The predicted molar refractivity (Wildman–Crippen MR) is 69.4 cm³/mol. The molecule has 0 radical (unpaired) electrons. The number of ether oxygens (including phenoxy) is 1. The summed E-state index contributed by atoms with van der Waals surface area (Å²) < 4.78 is 5.32. The number of piperazine rings is 1. The van der Waals surface area contributed by atoms with Gasteiger partial charge >= 0.3 is 0 Å². The number of carbonyl (C=O) groups excluding carboxylic acids is 2. The summed E-state index contributed by atoms with van der Waals surface area (Å²) in [5.41, 5.74) is 0.00610. The third kappa shape index (κ3) is 2.14. The van der Waals surface area contributed by atoms with Crippen LogP contribution in [0.4, 0.5) is 0 Å². The van der Waals surface area contributed by atoms with Crippen LogP contribution < -0.4 is 16.4 Å². The molecule has 2 amide bonds. The molecule has 21 heavy (non-hydrogen) atoms. The van der Waals surface area contributed by atoms with Crippen LogP contribution >= 0.6 is 0 Å². The number of hydrogen-bond donors (Lipinski definition) is 6. The van der Waals surface area contributed by atoms with E-state index in [1.54, 1.807) is 0 Å². The molecule has 3 saturated heterocycles. The highest BCUT2D eigenvalue weighted by Gasteiger charge is 2.62. The van der Waals surface area contributed by atoms with Gasteiger partial charge in [0, 0.05) is 0 Å². The minimum atomic E-state index is -2.23. The molecule has 0 unspecified atom stereocenters. The fourth-order valence-electron chi connectivity index (χ4n) is 2.33. The second-order valence-electron chi connectivity index (χ2n) is 5.57. The number of carbonyl (C=O) groups is 2. The first kappa shape index (κ1) is 15.9. The zero-order valence-electron chi connectivity index (χ0n) is 11.5. The Balaban J connectivity index is 2.47. The second kappa shape index (κ2) is 4.75. The van der Waals surface area contributed by atoms with Crippen LogP contribution in [0.15, 0.2) is 12.2 Å². The molecule has 3 fully saturated rings. The van der Waals surface area contributed by atoms with E-state index in [-0.39, 0.29) is 18.6 Å². The van der Waals surface area contributed by atoms with Crippen LogP contribution in [0.1, 0.15) is 13.3 Å². The first-order valence-corrected chi connectivity index (χ1v) is 6.38. The summed E-state index contributed by atoms with van der Waals surface area (Å²) in [6.45, 7) is 3.86. The van der Waals surface area contributed by atoms with Crippen LogP contribution in [-0.2, 0) is 14.3 Å². The summed E-state index contributed by atoms with van der Waals surface area (Å²) in [4.78, 5) is 24.5. The van der Waals surface area contributed by atoms with Crippen LogP contribution in [0.5, 0.6) is 0 Å². The van der Waals surface area contributed by atoms with Crippen molar-refractivity contribution in [3.8, 4) is 0 Å². The van der Waals surface area contributed by atoms with Gasteiger partial charge in [0.2, 0.25) is 0 Å². The Morgan fingerprint density at radius 2 is 2.10 bits per heavy atom. The lowest BCUT2D eigenvalue weighted by molar-refractivity contribution is -0.223. The summed E-state index contributed by atoms with van der Waals surface area (Å²) in [5.74, 6) is -1.74. The first-order valence-electron chi connectivity index (χ1n) is 6.38. The Labute approximate surface area is 120 Å². The molecule has 0 saturated carbocycles. The molecule has 3 rings (SSSR count). The molecule has 0 aromatic heterocycles. The molecule has 118 valence electrons. The molecule has 3 aliphatic rings. The molecule has 2 bridgehead atoms. The average molecular weight is 301 g/mol. The van der Waals surface area contributed by atoms with Crippen molar-refractivity contribution in [2.45, 2.75) is 36.4 Å². The van der Waals surface area contributed by atoms with E-state index in [2.05, 4.69) is 17.2 Å². The van der Waals surface area contributed by atoms with E-state index in [0.29, 0.717) is 0 Å². The molecule has 9 nitrogen and oxygen atoms in total. The average Bonchev–Trinajstić information content (AvgIpc) is 2.42. The number of amides is 2. The minimum Gasteiger partial charge on any atom is -0.393 e. The quantitative estimate of drug-likeness (QED) is 0.298. The summed E-state index contributed by atoms with van der Waals surface area (Å²) in [5, 5.41) is 33.9. The van der Waals surface area contributed by atoms with E-state index >= 15 is 0 Å². The molecule has 3 heterocycles. The first-order chi connectivity index (χ1) is 9.60. The van der Waals surface area contributed by atoms with Gasteiger partial charge in [-0.25, -0.2) is 0 Å². The molecule has 0 aromatic rings. The van der Waals surface area contributed by atoms with Crippen molar-refractivity contribution >= 4 is 11.8 Å². The zero-order valence-corrected chi connectivity index (χ0v) is 11.5. The van der Waals surface area contributed by atoms with E-state index in [0.717, 1.165) is 6.92 Å². The number of nitrogens with two attached hydrogens (primary N) is 1. The van der Waals surface area contributed by atoms with Gasteiger partial charge in [0.1, 0.15) is 11.7 Å². The highest BCUT2D eigenvalue weighted by molar-refractivity contribution is 6.03. The van der Waals surface area contributed by atoms with Crippen LogP contribution in [0.25, 0.3) is 0 Å². The van der Waals surface area contributed by atoms with Crippen molar-refractivity contribution in [3.05, 3.63) is 12.2 Å². The Kier molecular flexibility index (Phi) is 3.59. The third-order valence-electron chi connectivity index (χ3n) is 3.89. The highest BCUT2D eigenvalue weighted by atomic mass is 16.5. The lowest BCUT2D eigenvalue weighted by atomic mass is 9.84. The van der Waals surface area contributed by atoms with E-state index in [4.69, 9.17) is 15.6 Å². The maximum absolute atomic E-state index is 12.3. The smallest absolute Gasteiger partial charge is 0.278 e. The fourth-order valence-corrected chi connectivity index (χ4v) is 2.33. The molecule has 9 heteroatoms. The summed E-state index contributed by atoms with van der Waals surface area (Å²) in [7, 11) is 0. The van der Waals surface area contributed by atoms with E-state index in [9.17, 15) is 19.8 Å². The molecule has 4 atom stereocenters. The van der Waals surface area contributed by atoms with Crippen molar-refractivity contribution in [2.24, 2.45) is 5.73 Å². The standard InChI is InChI=1S/C12H19N3O6/c1-6-3-4-21-12(7(17)10(2,20)5-16)9(19)14-11(6,13)8(18)15-12/h7,16-17,20H,1,3-5,13H2,2H3,(H,14,19)(H,15,18)/t7-,10-,11-,12-/m0/s1. The van der Waals surface area contributed by atoms with Crippen LogP contribution in [-0.4, -0.2) is 63.4 Å². The van der Waals surface area contributed by atoms with Crippen LogP contribution in [0.3, 0.4) is 0 Å². The zero-order chi connectivity index (χ0) is 16.1. The lowest BCUT2D eigenvalue weighted by Gasteiger charge is -2.50. The molecular formula is C12H19N3O6. The Morgan fingerprint density at radius 3 is 2.67 bits per heavy atom. The number of rotatable bonds is 3. The normalized spacial score (nSPS) is 37.1. The number of aliphatic hydroxyl groups is 3. The van der Waals surface area contributed by atoms with E-state index < -0.39 is 41.5 Å². The molecule has 0 aromatic carbocycles. The maximum atomic E-state index is 12.3. The van der Waals surface area contributed by atoms with Gasteiger partial charge in [0.05, 0.1) is 13.2 Å². The number of fused-ring (bicyclic) bond motifs is 5. The molecule has 0 aliphatic carbocycles. The van der Waals surface area contributed by atoms with Crippen molar-refractivity contribution < 1.29 is 29.6 Å². The van der Waals surface area contributed by atoms with Crippen LogP contribution in [0, 0.1) is 0 Å². The van der Waals surface area contributed by atoms with Gasteiger partial charge in [-0.2, -0.15) is 0 Å². The number of aliphatic hydroxyl groups excluding tert-OH is 2. The Morgan fingerprint density at radius 1 is 1.48 bits per heavy atom. The lowest BCUT2D eigenvalue weighted by Crippen LogP contribution is -2.84. The Bertz CT molecular complexity index is 507. The summed E-state index contributed by atoms with van der Waals surface area (Å²) in [6, 6.07) is 0. The van der Waals surface area contributed by atoms with Crippen molar-refractivity contribution in [2.75, 3.05) is 13.2 Å². The molecule has 3 aliphatic heterocycles. The molecular weight excluding hydrogens is 282 g/mol. The number of nitrogens with one attached hydrogen (secondary N) is 2. The summed E-state index contributed by atoms with van der Waals surface area (Å²) >= 11 is 0. The van der Waals surface area contributed by atoms with Gasteiger partial charge in [-0.15, -0.1) is 0 Å². The minimum absolute atomic E-state index is 0.0515. The Hall–Kier alpha value is -1.52. The molecule has 0 spiro atoms. The van der Waals surface area contributed by atoms with Gasteiger partial charge in [0.25, 0.3) is 17.5 Å². The topological polar surface area (TPSA) is 154 Å². The largest absolute Gasteiger partial charge is 0.393 e. The van der Waals surface area contributed by atoms with Gasteiger partial charge < -0.3 is 30.7 Å². The fraction of sp³-hybridized carbons (Fsp3) is 0.667. The molecule has 7 N–H and O–H groups in total. The van der Waals surface area contributed by atoms with Gasteiger partial charge in [-0.05, 0) is 18.9 Å². The van der Waals surface area contributed by atoms with Crippen LogP contribution in [0.2, 0.25) is 0 Å². The third-order valence-corrected chi connectivity index (χ3v) is 3.89. The predicted octanol–water partition coefficient (Wildman–Crippen LogP) is -3.34. The van der Waals surface area contributed by atoms with Gasteiger partial charge in [0.15, 0.2) is 5.66 Å². The number of hydrogen-bond acceptors (Lipinski definition) is 7. The van der Waals surface area contributed by atoms with Crippen molar-refractivity contribution in [3.63, 3.8) is 0 Å². The van der Waals surface area contributed by atoms with Gasteiger partial charge in [-0.3, -0.25) is 15.3 Å². The summed E-state index contributed by atoms with van der Waals surface area (Å²) in [6.07, 6.45) is -1.73. The van der Waals surface area contributed by atoms with Crippen molar-refractivity contribution in [1.82, 2.24) is 10.6 Å². The van der Waals surface area contributed by atoms with Crippen molar-refractivity contribution in [1.29, 1.82) is 0 Å². The van der Waals surface area contributed by atoms with Gasteiger partial charge in [-0.1, -0.05) is 6.58 Å². The SMILES string of the molecule is C=C1CCO[C@]2([C@@H](O)[C@@](C)(O)CO)NC(=O)[C@@]1(N)NC2=O. The maximum Gasteiger partial charge on any atom is 0.278 e.